The Morgan fingerprint density at radius 2 is 1.79 bits per heavy atom. The zero-order valence-corrected chi connectivity index (χ0v) is 20.6. The van der Waals surface area contributed by atoms with Crippen molar-refractivity contribution in [2.45, 2.75) is 33.7 Å². The van der Waals surface area contributed by atoms with Crippen LogP contribution in [-0.4, -0.2) is 66.5 Å². The molecule has 0 bridgehead atoms. The first-order valence-corrected chi connectivity index (χ1v) is 11.7. The van der Waals surface area contributed by atoms with Crippen molar-refractivity contribution in [2.75, 3.05) is 39.9 Å². The maximum atomic E-state index is 13.3. The SMILES string of the molecule is CCOc1ccccc1[C@@H]1/C(=C(\O)c2ccc(OC)cc2C)C(=O)C(=O)N1CCN(CC)CC. The first-order valence-electron chi connectivity index (χ1n) is 11.7. The zero-order valence-electron chi connectivity index (χ0n) is 20.6. The van der Waals surface area contributed by atoms with Gasteiger partial charge in [-0.3, -0.25) is 9.59 Å². The standard InChI is InChI=1S/C27H34N2O5/c1-6-28(7-2)15-16-29-24(21-11-9-10-12-22(21)34-8-3)23(26(31)27(29)32)25(30)20-14-13-19(33-5)17-18(20)4/h9-14,17,24,30H,6-8,15-16H2,1-5H3/b25-23+/t24-/m1/s1. The third-order valence-electron chi connectivity index (χ3n) is 6.29. The number of hydrogen-bond donors (Lipinski definition) is 1. The Morgan fingerprint density at radius 1 is 1.09 bits per heavy atom. The predicted molar refractivity (Wildman–Crippen MR) is 132 cm³/mol. The number of carbonyl (C=O) groups is 2. The lowest BCUT2D eigenvalue weighted by molar-refractivity contribution is -0.140. The predicted octanol–water partition coefficient (Wildman–Crippen LogP) is 4.17. The van der Waals surface area contributed by atoms with Crippen molar-refractivity contribution in [1.82, 2.24) is 9.80 Å². The molecule has 7 heteroatoms. The Labute approximate surface area is 201 Å². The summed E-state index contributed by atoms with van der Waals surface area (Å²) in [6.07, 6.45) is 0. The molecule has 1 aliphatic heterocycles. The molecule has 7 nitrogen and oxygen atoms in total. The molecule has 2 aromatic carbocycles. The number of methoxy groups -OCH3 is 1. The average molecular weight is 467 g/mol. The van der Waals surface area contributed by atoms with Crippen LogP contribution in [0.2, 0.25) is 0 Å². The van der Waals surface area contributed by atoms with Gasteiger partial charge >= 0.3 is 0 Å². The molecule has 2 aromatic rings. The summed E-state index contributed by atoms with van der Waals surface area (Å²) in [6.45, 7) is 10.9. The van der Waals surface area contributed by atoms with E-state index in [9.17, 15) is 14.7 Å². The fourth-order valence-corrected chi connectivity index (χ4v) is 4.39. The van der Waals surface area contributed by atoms with E-state index < -0.39 is 17.7 Å². The van der Waals surface area contributed by atoms with Gasteiger partial charge in [0.1, 0.15) is 17.3 Å². The van der Waals surface area contributed by atoms with Crippen molar-refractivity contribution in [3.63, 3.8) is 0 Å². The zero-order chi connectivity index (χ0) is 24.8. The number of nitrogens with zero attached hydrogens (tertiary/aromatic N) is 2. The monoisotopic (exact) mass is 466 g/mol. The van der Waals surface area contributed by atoms with Gasteiger partial charge < -0.3 is 24.4 Å². The molecule has 0 unspecified atom stereocenters. The van der Waals surface area contributed by atoms with Crippen LogP contribution in [0.3, 0.4) is 0 Å². The van der Waals surface area contributed by atoms with Gasteiger partial charge in [-0.2, -0.15) is 0 Å². The Kier molecular flexibility index (Phi) is 8.34. The van der Waals surface area contributed by atoms with Crippen LogP contribution in [-0.2, 0) is 9.59 Å². The number of aliphatic hydroxyl groups is 1. The van der Waals surface area contributed by atoms with E-state index in [4.69, 9.17) is 9.47 Å². The number of likely N-dealkylation sites (tertiary alicyclic amines) is 1. The Balaban J connectivity index is 2.18. The lowest BCUT2D eigenvalue weighted by Gasteiger charge is -2.29. The van der Waals surface area contributed by atoms with Crippen LogP contribution in [0, 0.1) is 6.92 Å². The maximum absolute atomic E-state index is 13.3. The third kappa shape index (κ3) is 4.94. The van der Waals surface area contributed by atoms with Crippen molar-refractivity contribution in [2.24, 2.45) is 0 Å². The Bertz CT molecular complexity index is 1070. The molecule has 1 fully saturated rings. The van der Waals surface area contributed by atoms with Crippen LogP contribution in [0.1, 0.15) is 43.5 Å². The number of Topliss-reactive ketones (excluding diaryl/α,β-unsaturated/α-hetero) is 1. The molecule has 1 heterocycles. The van der Waals surface area contributed by atoms with Gasteiger partial charge in [-0.1, -0.05) is 32.0 Å². The number of hydrogen-bond acceptors (Lipinski definition) is 6. The van der Waals surface area contributed by atoms with Gasteiger partial charge in [0.2, 0.25) is 0 Å². The summed E-state index contributed by atoms with van der Waals surface area (Å²) >= 11 is 0. The molecular formula is C27H34N2O5. The number of ketones is 1. The number of likely N-dealkylation sites (N-methyl/N-ethyl adjacent to an activating group) is 1. The summed E-state index contributed by atoms with van der Waals surface area (Å²) in [4.78, 5) is 30.3. The first kappa shape index (κ1) is 25.3. The smallest absolute Gasteiger partial charge is 0.295 e. The topological polar surface area (TPSA) is 79.3 Å². The quantitative estimate of drug-likeness (QED) is 0.322. The molecule has 3 rings (SSSR count). The molecule has 1 saturated heterocycles. The molecule has 0 saturated carbocycles. The molecule has 0 spiro atoms. The van der Waals surface area contributed by atoms with Gasteiger partial charge in [0.05, 0.1) is 25.3 Å². The molecule has 1 aliphatic rings. The van der Waals surface area contributed by atoms with Crippen LogP contribution < -0.4 is 9.47 Å². The number of rotatable bonds is 10. The highest BCUT2D eigenvalue weighted by atomic mass is 16.5. The van der Waals surface area contributed by atoms with Gasteiger partial charge in [0.15, 0.2) is 0 Å². The highest BCUT2D eigenvalue weighted by Crippen LogP contribution is 2.43. The van der Waals surface area contributed by atoms with E-state index in [1.807, 2.05) is 38.1 Å². The minimum atomic E-state index is -0.750. The molecule has 1 amide bonds. The van der Waals surface area contributed by atoms with Gasteiger partial charge in [-0.25, -0.2) is 0 Å². The van der Waals surface area contributed by atoms with E-state index in [0.29, 0.717) is 42.3 Å². The lowest BCUT2D eigenvalue weighted by Crippen LogP contribution is -2.38. The maximum Gasteiger partial charge on any atom is 0.295 e. The molecule has 0 aliphatic carbocycles. The first-order chi connectivity index (χ1) is 16.4. The summed E-state index contributed by atoms with van der Waals surface area (Å²) in [5.74, 6) is -0.269. The molecule has 0 aromatic heterocycles. The van der Waals surface area contributed by atoms with E-state index >= 15 is 0 Å². The highest BCUT2D eigenvalue weighted by Gasteiger charge is 2.47. The summed E-state index contributed by atoms with van der Waals surface area (Å²) in [7, 11) is 1.57. The molecule has 1 atom stereocenters. The van der Waals surface area contributed by atoms with E-state index in [-0.39, 0.29) is 11.3 Å². The van der Waals surface area contributed by atoms with Crippen LogP contribution in [0.25, 0.3) is 5.76 Å². The highest BCUT2D eigenvalue weighted by molar-refractivity contribution is 6.46. The van der Waals surface area contributed by atoms with Crippen molar-refractivity contribution >= 4 is 17.4 Å². The second-order valence-electron chi connectivity index (χ2n) is 8.17. The largest absolute Gasteiger partial charge is 0.507 e. The lowest BCUT2D eigenvalue weighted by atomic mass is 9.93. The number of aliphatic hydroxyl groups excluding tert-OH is 1. The number of aryl methyl sites for hydroxylation is 1. The summed E-state index contributed by atoms with van der Waals surface area (Å²) in [5, 5.41) is 11.4. The van der Waals surface area contributed by atoms with Crippen LogP contribution in [0.5, 0.6) is 11.5 Å². The number of para-hydroxylation sites is 1. The summed E-state index contributed by atoms with van der Waals surface area (Å²) in [5.41, 5.74) is 1.98. The van der Waals surface area contributed by atoms with Crippen molar-refractivity contribution in [1.29, 1.82) is 0 Å². The van der Waals surface area contributed by atoms with Crippen LogP contribution in [0.4, 0.5) is 0 Å². The second-order valence-corrected chi connectivity index (χ2v) is 8.17. The average Bonchev–Trinajstić information content (AvgIpc) is 3.09. The van der Waals surface area contributed by atoms with Crippen molar-refractivity contribution in [3.05, 3.63) is 64.7 Å². The fourth-order valence-electron chi connectivity index (χ4n) is 4.39. The molecule has 0 radical (unpaired) electrons. The van der Waals surface area contributed by atoms with E-state index in [0.717, 1.165) is 18.7 Å². The van der Waals surface area contributed by atoms with Gasteiger partial charge in [-0.15, -0.1) is 0 Å². The minimum Gasteiger partial charge on any atom is -0.507 e. The van der Waals surface area contributed by atoms with Crippen molar-refractivity contribution < 1.29 is 24.2 Å². The number of carbonyl (C=O) groups excluding carboxylic acids is 2. The van der Waals surface area contributed by atoms with Crippen molar-refractivity contribution in [3.8, 4) is 11.5 Å². The minimum absolute atomic E-state index is 0.0740. The van der Waals surface area contributed by atoms with Gasteiger partial charge in [-0.05, 0) is 56.8 Å². The third-order valence-corrected chi connectivity index (χ3v) is 6.29. The van der Waals surface area contributed by atoms with Crippen LogP contribution in [0.15, 0.2) is 48.0 Å². The fraction of sp³-hybridized carbons (Fsp3) is 0.407. The van der Waals surface area contributed by atoms with Gasteiger partial charge in [0.25, 0.3) is 11.7 Å². The van der Waals surface area contributed by atoms with Gasteiger partial charge in [0, 0.05) is 24.2 Å². The number of benzene rings is 2. The molecular weight excluding hydrogens is 432 g/mol. The Morgan fingerprint density at radius 3 is 2.41 bits per heavy atom. The summed E-state index contributed by atoms with van der Waals surface area (Å²) in [6, 6.07) is 11.8. The van der Waals surface area contributed by atoms with E-state index in [2.05, 4.69) is 18.7 Å². The Hall–Kier alpha value is -3.32. The van der Waals surface area contributed by atoms with Crippen LogP contribution >= 0.6 is 0 Å². The molecule has 34 heavy (non-hydrogen) atoms. The normalized spacial score (nSPS) is 17.5. The molecule has 182 valence electrons. The second kappa shape index (κ2) is 11.2. The number of amides is 1. The van der Waals surface area contributed by atoms with E-state index in [1.165, 1.54) is 0 Å². The molecule has 1 N–H and O–H groups in total. The van der Waals surface area contributed by atoms with E-state index in [1.54, 1.807) is 30.2 Å². The number of ether oxygens (including phenoxy) is 2. The summed E-state index contributed by atoms with van der Waals surface area (Å²) < 4.78 is 11.1.